The fourth-order valence-electron chi connectivity index (χ4n) is 2.61. The third-order valence-electron chi connectivity index (χ3n) is 3.94. The van der Waals surface area contributed by atoms with Crippen molar-refractivity contribution in [2.75, 3.05) is 46.7 Å². The van der Waals surface area contributed by atoms with Gasteiger partial charge in [-0.3, -0.25) is 4.79 Å². The quantitative estimate of drug-likeness (QED) is 0.806. The van der Waals surface area contributed by atoms with Crippen molar-refractivity contribution in [2.24, 2.45) is 0 Å². The van der Waals surface area contributed by atoms with Crippen LogP contribution in [0.1, 0.15) is 15.9 Å². The summed E-state index contributed by atoms with van der Waals surface area (Å²) >= 11 is 0. The van der Waals surface area contributed by atoms with Crippen LogP contribution in [0.5, 0.6) is 11.5 Å². The number of carbonyl (C=O) groups is 1. The molecule has 1 amide bonds. The van der Waals surface area contributed by atoms with Gasteiger partial charge in [0.05, 0.1) is 26.0 Å². The van der Waals surface area contributed by atoms with Gasteiger partial charge in [0.25, 0.3) is 5.91 Å². The lowest BCUT2D eigenvalue weighted by molar-refractivity contribution is 0.0694. The van der Waals surface area contributed by atoms with E-state index in [1.165, 1.54) is 17.7 Å². The van der Waals surface area contributed by atoms with Gasteiger partial charge in [-0.15, -0.1) is 0 Å². The van der Waals surface area contributed by atoms with Crippen molar-refractivity contribution in [1.82, 2.24) is 9.21 Å². The summed E-state index contributed by atoms with van der Waals surface area (Å²) in [7, 11) is -0.155. The van der Waals surface area contributed by atoms with Crippen LogP contribution in [0.25, 0.3) is 0 Å². The molecule has 0 bridgehead atoms. The molecular weight excluding hydrogens is 320 g/mol. The molecule has 2 rings (SSSR count). The van der Waals surface area contributed by atoms with Crippen molar-refractivity contribution in [3.8, 4) is 11.5 Å². The van der Waals surface area contributed by atoms with Crippen molar-refractivity contribution in [3.05, 3.63) is 23.3 Å². The second kappa shape index (κ2) is 6.76. The van der Waals surface area contributed by atoms with Crippen molar-refractivity contribution in [3.63, 3.8) is 0 Å². The first kappa shape index (κ1) is 17.6. The number of benzene rings is 1. The van der Waals surface area contributed by atoms with Crippen LogP contribution in [0.4, 0.5) is 0 Å². The normalized spacial score (nSPS) is 16.3. The summed E-state index contributed by atoms with van der Waals surface area (Å²) in [6, 6.07) is 3.43. The lowest BCUT2D eigenvalue weighted by Gasteiger charge is -2.33. The van der Waals surface area contributed by atoms with Crippen molar-refractivity contribution < 1.29 is 22.7 Å². The lowest BCUT2D eigenvalue weighted by Crippen LogP contribution is -2.50. The smallest absolute Gasteiger partial charge is 0.257 e. The molecule has 1 saturated heterocycles. The Morgan fingerprint density at radius 3 is 2.09 bits per heavy atom. The third-order valence-corrected chi connectivity index (χ3v) is 5.25. The molecule has 0 unspecified atom stereocenters. The average molecular weight is 342 g/mol. The first-order chi connectivity index (χ1) is 10.8. The van der Waals surface area contributed by atoms with Crippen molar-refractivity contribution in [2.45, 2.75) is 6.92 Å². The molecule has 1 aliphatic rings. The number of rotatable bonds is 4. The fraction of sp³-hybridized carbons (Fsp3) is 0.533. The second-order valence-electron chi connectivity index (χ2n) is 5.48. The number of piperazine rings is 1. The molecule has 0 spiro atoms. The molecule has 1 aromatic carbocycles. The van der Waals surface area contributed by atoms with Gasteiger partial charge in [0, 0.05) is 26.2 Å². The van der Waals surface area contributed by atoms with Gasteiger partial charge >= 0.3 is 0 Å². The molecule has 0 N–H and O–H groups in total. The van der Waals surface area contributed by atoms with E-state index in [9.17, 15) is 13.2 Å². The third kappa shape index (κ3) is 3.76. The number of ether oxygens (including phenoxy) is 2. The number of sulfonamides is 1. The van der Waals surface area contributed by atoms with E-state index in [-0.39, 0.29) is 5.91 Å². The molecule has 1 aromatic rings. The molecule has 0 radical (unpaired) electrons. The highest BCUT2D eigenvalue weighted by Gasteiger charge is 2.28. The Hall–Kier alpha value is -1.80. The van der Waals surface area contributed by atoms with E-state index < -0.39 is 10.0 Å². The Morgan fingerprint density at radius 2 is 1.61 bits per heavy atom. The maximum atomic E-state index is 12.7. The zero-order chi connectivity index (χ0) is 17.2. The van der Waals surface area contributed by atoms with E-state index in [2.05, 4.69) is 0 Å². The maximum Gasteiger partial charge on any atom is 0.257 e. The molecule has 1 heterocycles. The molecule has 0 atom stereocenters. The maximum absolute atomic E-state index is 12.7. The largest absolute Gasteiger partial charge is 0.496 e. The number of hydrogen-bond donors (Lipinski definition) is 0. The summed E-state index contributed by atoms with van der Waals surface area (Å²) in [5.41, 5.74) is 1.30. The van der Waals surface area contributed by atoms with Crippen LogP contribution in [-0.2, 0) is 10.0 Å². The van der Waals surface area contributed by atoms with E-state index in [1.54, 1.807) is 24.1 Å². The van der Waals surface area contributed by atoms with E-state index in [4.69, 9.17) is 9.47 Å². The van der Waals surface area contributed by atoms with Gasteiger partial charge in [-0.1, -0.05) is 0 Å². The average Bonchev–Trinajstić information content (AvgIpc) is 2.53. The summed E-state index contributed by atoms with van der Waals surface area (Å²) in [5, 5.41) is 0. The molecule has 1 aliphatic heterocycles. The lowest BCUT2D eigenvalue weighted by atomic mass is 10.1. The minimum absolute atomic E-state index is 0.187. The number of aryl methyl sites for hydroxylation is 1. The SMILES string of the molecule is COc1cc(C(=O)N2CCN(S(C)(=O)=O)CC2)c(OC)cc1C. The summed E-state index contributed by atoms with van der Waals surface area (Å²) in [5.74, 6) is 0.913. The summed E-state index contributed by atoms with van der Waals surface area (Å²) in [4.78, 5) is 14.4. The second-order valence-corrected chi connectivity index (χ2v) is 7.46. The van der Waals surface area contributed by atoms with Crippen LogP contribution in [-0.4, -0.2) is 70.2 Å². The van der Waals surface area contributed by atoms with Gasteiger partial charge in [-0.25, -0.2) is 8.42 Å². The predicted octanol–water partition coefficient (Wildman–Crippen LogP) is 0.730. The Bertz CT molecular complexity index is 694. The molecule has 7 nitrogen and oxygen atoms in total. The molecule has 1 fully saturated rings. The zero-order valence-electron chi connectivity index (χ0n) is 13.8. The first-order valence-electron chi connectivity index (χ1n) is 7.25. The van der Waals surface area contributed by atoms with Crippen LogP contribution in [0.15, 0.2) is 12.1 Å². The predicted molar refractivity (Wildman–Crippen MR) is 86.6 cm³/mol. The highest BCUT2D eigenvalue weighted by Crippen LogP contribution is 2.29. The van der Waals surface area contributed by atoms with Crippen molar-refractivity contribution >= 4 is 15.9 Å². The molecule has 8 heteroatoms. The summed E-state index contributed by atoms with van der Waals surface area (Å²) < 4.78 is 35.0. The van der Waals surface area contributed by atoms with Gasteiger partial charge in [0.15, 0.2) is 0 Å². The van der Waals surface area contributed by atoms with Gasteiger partial charge in [0.1, 0.15) is 11.5 Å². The van der Waals surface area contributed by atoms with Crippen LogP contribution >= 0.6 is 0 Å². The van der Waals surface area contributed by atoms with E-state index >= 15 is 0 Å². The van der Waals surface area contributed by atoms with Crippen LogP contribution < -0.4 is 9.47 Å². The Balaban J connectivity index is 2.21. The molecule has 23 heavy (non-hydrogen) atoms. The van der Waals surface area contributed by atoms with Crippen LogP contribution in [0, 0.1) is 6.92 Å². The van der Waals surface area contributed by atoms with E-state index in [0.29, 0.717) is 43.2 Å². The molecule has 0 aliphatic carbocycles. The Labute approximate surface area is 136 Å². The van der Waals surface area contributed by atoms with Gasteiger partial charge in [-0.05, 0) is 24.6 Å². The van der Waals surface area contributed by atoms with E-state index in [1.807, 2.05) is 6.92 Å². The number of amides is 1. The Kier molecular flexibility index (Phi) is 5.16. The monoisotopic (exact) mass is 342 g/mol. The highest BCUT2D eigenvalue weighted by atomic mass is 32.2. The minimum Gasteiger partial charge on any atom is -0.496 e. The molecule has 128 valence electrons. The van der Waals surface area contributed by atoms with E-state index in [0.717, 1.165) is 5.56 Å². The number of nitrogens with zero attached hydrogens (tertiary/aromatic N) is 2. The van der Waals surface area contributed by atoms with Gasteiger partial charge in [0.2, 0.25) is 10.0 Å². The number of carbonyl (C=O) groups excluding carboxylic acids is 1. The topological polar surface area (TPSA) is 76.2 Å². The van der Waals surface area contributed by atoms with Crippen LogP contribution in [0.3, 0.4) is 0 Å². The van der Waals surface area contributed by atoms with Crippen LogP contribution in [0.2, 0.25) is 0 Å². The molecule has 0 aromatic heterocycles. The van der Waals surface area contributed by atoms with Gasteiger partial charge < -0.3 is 14.4 Å². The standard InChI is InChI=1S/C15H22N2O5S/c1-11-9-14(22-3)12(10-13(11)21-2)15(18)16-5-7-17(8-6-16)23(4,19)20/h9-10H,5-8H2,1-4H3. The number of methoxy groups -OCH3 is 2. The minimum atomic E-state index is -3.22. The molecular formula is C15H22N2O5S. The summed E-state index contributed by atoms with van der Waals surface area (Å²) in [6.45, 7) is 3.18. The van der Waals surface area contributed by atoms with Crippen molar-refractivity contribution in [1.29, 1.82) is 0 Å². The first-order valence-corrected chi connectivity index (χ1v) is 9.09. The number of hydrogen-bond acceptors (Lipinski definition) is 5. The highest BCUT2D eigenvalue weighted by molar-refractivity contribution is 7.88. The van der Waals surface area contributed by atoms with Gasteiger partial charge in [-0.2, -0.15) is 4.31 Å². The fourth-order valence-corrected chi connectivity index (χ4v) is 3.44. The zero-order valence-corrected chi connectivity index (χ0v) is 14.6. The summed E-state index contributed by atoms with van der Waals surface area (Å²) in [6.07, 6.45) is 1.18. The molecule has 0 saturated carbocycles. The Morgan fingerprint density at radius 1 is 1.04 bits per heavy atom.